The Hall–Kier alpha value is -3.13. The Morgan fingerprint density at radius 1 is 0.609 bits per heavy atom. The molecule has 2 heteroatoms. The topological polar surface area (TPSA) is 17.8 Å². The van der Waals surface area contributed by atoms with Crippen molar-refractivity contribution in [3.05, 3.63) is 85.1 Å². The van der Waals surface area contributed by atoms with E-state index in [1.54, 1.807) is 0 Å². The van der Waals surface area contributed by atoms with Crippen LogP contribution in [0.5, 0.6) is 0 Å². The molecule has 5 rings (SSSR count). The van der Waals surface area contributed by atoms with Gasteiger partial charge in [0.1, 0.15) is 0 Å². The first kappa shape index (κ1) is 12.4. The van der Waals surface area contributed by atoms with Crippen molar-refractivity contribution in [3.8, 4) is 5.69 Å². The summed E-state index contributed by atoms with van der Waals surface area (Å²) in [5.41, 5.74) is 4.47. The van der Waals surface area contributed by atoms with E-state index in [1.807, 2.05) is 12.1 Å². The molecular formula is C21H14N2. The molecule has 0 spiro atoms. The second-order valence-corrected chi connectivity index (χ2v) is 5.74. The van der Waals surface area contributed by atoms with Crippen LogP contribution in [0.25, 0.3) is 38.4 Å². The van der Waals surface area contributed by atoms with Crippen molar-refractivity contribution in [1.82, 2.24) is 9.55 Å². The summed E-state index contributed by atoms with van der Waals surface area (Å²) < 4.78 is 2.28. The van der Waals surface area contributed by atoms with Gasteiger partial charge in [-0.2, -0.15) is 0 Å². The highest BCUT2D eigenvalue weighted by molar-refractivity contribution is 6.04. The van der Waals surface area contributed by atoms with E-state index in [9.17, 15) is 0 Å². The minimum Gasteiger partial charge on any atom is -0.315 e. The number of rotatable bonds is 1. The van der Waals surface area contributed by atoms with Crippen LogP contribution >= 0.6 is 0 Å². The summed E-state index contributed by atoms with van der Waals surface area (Å²) in [5.74, 6) is 0. The number of fused-ring (bicyclic) bond motifs is 3. The summed E-state index contributed by atoms with van der Waals surface area (Å²) in [6, 6.07) is 27.4. The molecule has 5 aromatic rings. The summed E-state index contributed by atoms with van der Waals surface area (Å²) in [6.45, 7) is 0. The number of pyridine rings is 1. The summed E-state index contributed by atoms with van der Waals surface area (Å²) >= 11 is 0. The lowest BCUT2D eigenvalue weighted by Crippen LogP contribution is -1.97. The molecule has 0 N–H and O–H groups in total. The van der Waals surface area contributed by atoms with Crippen molar-refractivity contribution < 1.29 is 0 Å². The number of aromatic nitrogens is 2. The van der Waals surface area contributed by atoms with E-state index in [0.29, 0.717) is 0 Å². The molecule has 23 heavy (non-hydrogen) atoms. The molecule has 0 amide bonds. The van der Waals surface area contributed by atoms with Gasteiger partial charge < -0.3 is 4.57 Å². The fraction of sp³-hybridized carbons (Fsp3) is 0. The van der Waals surface area contributed by atoms with Crippen LogP contribution in [0.3, 0.4) is 0 Å². The largest absolute Gasteiger partial charge is 0.315 e. The van der Waals surface area contributed by atoms with Crippen molar-refractivity contribution in [2.45, 2.75) is 0 Å². The molecule has 108 valence electrons. The van der Waals surface area contributed by atoms with Gasteiger partial charge in [0.2, 0.25) is 0 Å². The maximum Gasteiger partial charge on any atom is 0.0730 e. The second kappa shape index (κ2) is 4.68. The molecule has 0 saturated heterocycles. The Labute approximate surface area is 133 Å². The summed E-state index contributed by atoms with van der Waals surface area (Å²) in [6.07, 6.45) is 2.15. The summed E-state index contributed by atoms with van der Waals surface area (Å²) in [4.78, 5) is 4.81. The SMILES string of the molecule is c1ccc2c(c1)ccn2-c1c2ccccc2nc2ccccc12. The number of hydrogen-bond donors (Lipinski definition) is 0. The van der Waals surface area contributed by atoms with Gasteiger partial charge in [-0.3, -0.25) is 0 Å². The van der Waals surface area contributed by atoms with Gasteiger partial charge in [0, 0.05) is 17.0 Å². The monoisotopic (exact) mass is 294 g/mol. The van der Waals surface area contributed by atoms with Crippen LogP contribution in [-0.4, -0.2) is 9.55 Å². The Balaban J connectivity index is 2.02. The lowest BCUT2D eigenvalue weighted by atomic mass is 10.1. The third-order valence-electron chi connectivity index (χ3n) is 4.40. The van der Waals surface area contributed by atoms with Crippen LogP contribution in [0, 0.1) is 0 Å². The molecule has 0 saturated carbocycles. The molecule has 0 radical (unpaired) electrons. The molecule has 0 aliphatic heterocycles. The quantitative estimate of drug-likeness (QED) is 0.382. The van der Waals surface area contributed by atoms with E-state index in [1.165, 1.54) is 27.4 Å². The first-order valence-corrected chi connectivity index (χ1v) is 7.76. The van der Waals surface area contributed by atoms with Crippen LogP contribution < -0.4 is 0 Å². The lowest BCUT2D eigenvalue weighted by Gasteiger charge is -2.13. The molecule has 2 nitrogen and oxygen atoms in total. The van der Waals surface area contributed by atoms with E-state index in [2.05, 4.69) is 77.5 Å². The zero-order chi connectivity index (χ0) is 15.2. The molecule has 3 aromatic carbocycles. The molecule has 0 aliphatic rings. The van der Waals surface area contributed by atoms with Crippen LogP contribution in [-0.2, 0) is 0 Å². The van der Waals surface area contributed by atoms with Crippen LogP contribution in [0.15, 0.2) is 85.1 Å². The molecule has 0 aliphatic carbocycles. The average molecular weight is 294 g/mol. The smallest absolute Gasteiger partial charge is 0.0730 e. The predicted molar refractivity (Wildman–Crippen MR) is 96.1 cm³/mol. The van der Waals surface area contributed by atoms with Crippen molar-refractivity contribution in [3.63, 3.8) is 0 Å². The molecule has 0 fully saturated rings. The second-order valence-electron chi connectivity index (χ2n) is 5.74. The number of benzene rings is 3. The molecule has 0 bridgehead atoms. The first-order chi connectivity index (χ1) is 11.4. The summed E-state index contributed by atoms with van der Waals surface area (Å²) in [7, 11) is 0. The van der Waals surface area contributed by atoms with Gasteiger partial charge in [-0.15, -0.1) is 0 Å². The zero-order valence-corrected chi connectivity index (χ0v) is 12.5. The van der Waals surface area contributed by atoms with E-state index >= 15 is 0 Å². The van der Waals surface area contributed by atoms with Crippen LogP contribution in [0.4, 0.5) is 0 Å². The van der Waals surface area contributed by atoms with Crippen molar-refractivity contribution in [2.75, 3.05) is 0 Å². The number of nitrogens with zero attached hydrogens (tertiary/aromatic N) is 2. The van der Waals surface area contributed by atoms with Crippen LogP contribution in [0.2, 0.25) is 0 Å². The van der Waals surface area contributed by atoms with Gasteiger partial charge in [-0.05, 0) is 29.7 Å². The van der Waals surface area contributed by atoms with Gasteiger partial charge in [-0.25, -0.2) is 4.98 Å². The fourth-order valence-electron chi connectivity index (χ4n) is 3.36. The number of hydrogen-bond acceptors (Lipinski definition) is 1. The minimum atomic E-state index is 1.03. The standard InChI is InChI=1S/C21H14N2/c1-6-12-20-15(7-1)13-14-23(20)21-16-8-2-4-10-18(16)22-19-11-5-3-9-17(19)21/h1-14H. The third-order valence-corrected chi connectivity index (χ3v) is 4.40. The van der Waals surface area contributed by atoms with Crippen LogP contribution in [0.1, 0.15) is 0 Å². The first-order valence-electron chi connectivity index (χ1n) is 7.76. The van der Waals surface area contributed by atoms with Gasteiger partial charge in [0.25, 0.3) is 0 Å². The van der Waals surface area contributed by atoms with Crippen molar-refractivity contribution in [2.24, 2.45) is 0 Å². The van der Waals surface area contributed by atoms with E-state index in [4.69, 9.17) is 4.98 Å². The molecule has 2 aromatic heterocycles. The highest BCUT2D eigenvalue weighted by Gasteiger charge is 2.12. The van der Waals surface area contributed by atoms with Crippen molar-refractivity contribution in [1.29, 1.82) is 0 Å². The van der Waals surface area contributed by atoms with E-state index in [0.717, 1.165) is 11.0 Å². The van der Waals surface area contributed by atoms with Gasteiger partial charge in [0.15, 0.2) is 0 Å². The van der Waals surface area contributed by atoms with Gasteiger partial charge >= 0.3 is 0 Å². The fourth-order valence-corrected chi connectivity index (χ4v) is 3.36. The maximum absolute atomic E-state index is 4.81. The highest BCUT2D eigenvalue weighted by atomic mass is 15.0. The minimum absolute atomic E-state index is 1.03. The molecular weight excluding hydrogens is 280 g/mol. The average Bonchev–Trinajstić information content (AvgIpc) is 3.03. The van der Waals surface area contributed by atoms with Gasteiger partial charge in [0.05, 0.1) is 22.2 Å². The predicted octanol–water partition coefficient (Wildman–Crippen LogP) is 5.33. The van der Waals surface area contributed by atoms with Crippen molar-refractivity contribution >= 4 is 32.7 Å². The Bertz CT molecular complexity index is 1110. The lowest BCUT2D eigenvalue weighted by molar-refractivity contribution is 1.15. The molecule has 0 unspecified atom stereocenters. The highest BCUT2D eigenvalue weighted by Crippen LogP contribution is 2.32. The Morgan fingerprint density at radius 3 is 1.96 bits per heavy atom. The van der Waals surface area contributed by atoms with E-state index in [-0.39, 0.29) is 0 Å². The Kier molecular flexibility index (Phi) is 2.53. The third kappa shape index (κ3) is 1.78. The van der Waals surface area contributed by atoms with E-state index < -0.39 is 0 Å². The Morgan fingerprint density at radius 2 is 1.22 bits per heavy atom. The number of para-hydroxylation sites is 3. The van der Waals surface area contributed by atoms with Gasteiger partial charge in [-0.1, -0.05) is 54.6 Å². The summed E-state index contributed by atoms with van der Waals surface area (Å²) in [5, 5.41) is 3.59. The maximum atomic E-state index is 4.81. The molecule has 2 heterocycles. The molecule has 0 atom stereocenters. The normalized spacial score (nSPS) is 11.5. The zero-order valence-electron chi connectivity index (χ0n) is 12.5.